The van der Waals surface area contributed by atoms with Gasteiger partial charge in [0.1, 0.15) is 5.82 Å². The van der Waals surface area contributed by atoms with Crippen LogP contribution in [-0.2, 0) is 9.59 Å². The van der Waals surface area contributed by atoms with Gasteiger partial charge in [-0.1, -0.05) is 0 Å². The van der Waals surface area contributed by atoms with E-state index in [4.69, 9.17) is 0 Å². The van der Waals surface area contributed by atoms with Crippen molar-refractivity contribution in [3.05, 3.63) is 53.9 Å². The Bertz CT molecular complexity index is 1010. The molecule has 2 aromatic heterocycles. The predicted octanol–water partition coefficient (Wildman–Crippen LogP) is 2.58. The molecule has 1 aliphatic carbocycles. The Morgan fingerprint density at radius 1 is 1.13 bits per heavy atom. The van der Waals surface area contributed by atoms with Crippen molar-refractivity contribution in [2.24, 2.45) is 0 Å². The van der Waals surface area contributed by atoms with Crippen LogP contribution in [0, 0.1) is 5.95 Å². The first-order chi connectivity index (χ1) is 14.6. The summed E-state index contributed by atoms with van der Waals surface area (Å²) < 4.78 is 13.0. The van der Waals surface area contributed by atoms with Gasteiger partial charge in [0.25, 0.3) is 5.91 Å². The minimum atomic E-state index is -0.532. The Balaban J connectivity index is 1.23. The number of hydrogen-bond donors (Lipinski definition) is 1. The second kappa shape index (κ2) is 7.51. The van der Waals surface area contributed by atoms with Gasteiger partial charge in [0.2, 0.25) is 11.9 Å². The van der Waals surface area contributed by atoms with Crippen molar-refractivity contribution >= 4 is 17.6 Å². The Labute approximate surface area is 173 Å². The Morgan fingerprint density at radius 2 is 1.90 bits per heavy atom. The van der Waals surface area contributed by atoms with Crippen molar-refractivity contribution in [1.82, 2.24) is 19.8 Å². The van der Waals surface area contributed by atoms with Crippen molar-refractivity contribution in [3.8, 4) is 11.1 Å². The van der Waals surface area contributed by atoms with Gasteiger partial charge in [0.05, 0.1) is 13.1 Å². The van der Waals surface area contributed by atoms with E-state index in [0.717, 1.165) is 54.6 Å². The van der Waals surface area contributed by atoms with Crippen LogP contribution >= 0.6 is 0 Å². The van der Waals surface area contributed by atoms with Crippen molar-refractivity contribution in [1.29, 1.82) is 0 Å². The molecule has 5 rings (SSSR count). The normalized spacial score (nSPS) is 18.6. The molecule has 0 saturated heterocycles. The van der Waals surface area contributed by atoms with Crippen molar-refractivity contribution < 1.29 is 14.0 Å². The third-order valence-corrected chi connectivity index (χ3v) is 5.84. The Morgan fingerprint density at radius 3 is 2.57 bits per heavy atom. The largest absolute Gasteiger partial charge is 0.364 e. The first kappa shape index (κ1) is 18.7. The molecule has 30 heavy (non-hydrogen) atoms. The van der Waals surface area contributed by atoms with Gasteiger partial charge in [0.15, 0.2) is 0 Å². The molecular formula is C22H22FN5O2. The zero-order valence-corrected chi connectivity index (χ0v) is 16.5. The molecule has 2 aromatic rings. The van der Waals surface area contributed by atoms with Crippen LogP contribution in [0.25, 0.3) is 11.1 Å². The summed E-state index contributed by atoms with van der Waals surface area (Å²) in [6.45, 7) is 1.61. The number of carbonyl (C=O) groups excluding carboxylic acids is 2. The molecule has 1 fully saturated rings. The van der Waals surface area contributed by atoms with Crippen LogP contribution in [0.2, 0.25) is 0 Å². The summed E-state index contributed by atoms with van der Waals surface area (Å²) in [5, 5.41) is 2.83. The monoisotopic (exact) mass is 407 g/mol. The van der Waals surface area contributed by atoms with E-state index in [1.165, 1.54) is 12.3 Å². The quantitative estimate of drug-likeness (QED) is 0.771. The molecular weight excluding hydrogens is 385 g/mol. The van der Waals surface area contributed by atoms with Gasteiger partial charge in [-0.05, 0) is 49.9 Å². The number of amides is 2. The van der Waals surface area contributed by atoms with Gasteiger partial charge in [-0.3, -0.25) is 9.59 Å². The number of nitrogens with one attached hydrogen (secondary N) is 1. The number of anilines is 1. The van der Waals surface area contributed by atoms with Crippen LogP contribution in [0.4, 0.5) is 10.2 Å². The lowest BCUT2D eigenvalue weighted by molar-refractivity contribution is -0.126. The van der Waals surface area contributed by atoms with Gasteiger partial charge in [-0.15, -0.1) is 0 Å². The Kier molecular flexibility index (Phi) is 4.69. The maximum Gasteiger partial charge on any atom is 0.252 e. The number of rotatable bonds is 5. The zero-order valence-electron chi connectivity index (χ0n) is 16.5. The van der Waals surface area contributed by atoms with Crippen LogP contribution in [-0.4, -0.2) is 57.3 Å². The van der Waals surface area contributed by atoms with Gasteiger partial charge < -0.3 is 15.1 Å². The maximum absolute atomic E-state index is 13.0. The van der Waals surface area contributed by atoms with E-state index in [9.17, 15) is 14.0 Å². The van der Waals surface area contributed by atoms with E-state index in [0.29, 0.717) is 18.4 Å². The first-order valence-corrected chi connectivity index (χ1v) is 10.2. The number of carbonyl (C=O) groups is 2. The summed E-state index contributed by atoms with van der Waals surface area (Å²) in [5.74, 6) is -0.0853. The lowest BCUT2D eigenvalue weighted by Crippen LogP contribution is -2.37. The molecule has 0 bridgehead atoms. The minimum absolute atomic E-state index is 0.158. The molecule has 0 radical (unpaired) electrons. The number of halogens is 1. The molecule has 1 saturated carbocycles. The van der Waals surface area contributed by atoms with Gasteiger partial charge in [-0.2, -0.15) is 4.39 Å². The highest BCUT2D eigenvalue weighted by Crippen LogP contribution is 2.37. The van der Waals surface area contributed by atoms with Crippen LogP contribution in [0.5, 0.6) is 0 Å². The summed E-state index contributed by atoms with van der Waals surface area (Å²) >= 11 is 0. The number of pyridine rings is 2. The summed E-state index contributed by atoms with van der Waals surface area (Å²) in [4.78, 5) is 37.1. The van der Waals surface area contributed by atoms with Crippen LogP contribution in [0.3, 0.4) is 0 Å². The second-order valence-corrected chi connectivity index (χ2v) is 7.96. The fourth-order valence-electron chi connectivity index (χ4n) is 4.15. The highest BCUT2D eigenvalue weighted by Gasteiger charge is 2.42. The molecule has 1 N–H and O–H groups in total. The van der Waals surface area contributed by atoms with Crippen LogP contribution in [0.15, 0.2) is 47.9 Å². The molecule has 0 aromatic carbocycles. The highest BCUT2D eigenvalue weighted by molar-refractivity contribution is 5.98. The fourth-order valence-corrected chi connectivity index (χ4v) is 4.15. The average molecular weight is 407 g/mol. The van der Waals surface area contributed by atoms with E-state index >= 15 is 0 Å². The van der Waals surface area contributed by atoms with Gasteiger partial charge in [0, 0.05) is 47.4 Å². The molecule has 0 spiro atoms. The van der Waals surface area contributed by atoms with Gasteiger partial charge in [-0.25, -0.2) is 9.97 Å². The molecule has 8 heteroatoms. The second-order valence-electron chi connectivity index (χ2n) is 7.96. The Hall–Kier alpha value is -3.29. The number of nitrogens with zero attached hydrogens (tertiary/aromatic N) is 4. The molecule has 2 aliphatic heterocycles. The summed E-state index contributed by atoms with van der Waals surface area (Å²) in [5.41, 5.74) is 3.44. The van der Waals surface area contributed by atoms with Gasteiger partial charge >= 0.3 is 0 Å². The lowest BCUT2D eigenvalue weighted by atomic mass is 10.0. The van der Waals surface area contributed by atoms with Crippen molar-refractivity contribution in [2.75, 3.05) is 25.0 Å². The predicted molar refractivity (Wildman–Crippen MR) is 109 cm³/mol. The third kappa shape index (κ3) is 3.65. The standard InChI is InChI=1S/C22H22FN5O2/c23-19-7-3-14(10-24-19)15-4-8-20(25-11-15)26-21(29)13-27-9-1-2-17-18(27)12-28(22(17)30)16-5-6-16/h3-4,7-8,10-11,16H,1-2,5-6,9,12-13H2,(H,25,26,29). The first-order valence-electron chi connectivity index (χ1n) is 10.2. The van der Waals surface area contributed by atoms with E-state index in [2.05, 4.69) is 15.3 Å². The molecule has 0 unspecified atom stereocenters. The minimum Gasteiger partial charge on any atom is -0.364 e. The highest BCUT2D eigenvalue weighted by atomic mass is 19.1. The average Bonchev–Trinajstić information content (AvgIpc) is 3.53. The topological polar surface area (TPSA) is 78.4 Å². The molecule has 7 nitrogen and oxygen atoms in total. The molecule has 4 heterocycles. The molecule has 3 aliphatic rings. The van der Waals surface area contributed by atoms with Crippen LogP contribution in [0.1, 0.15) is 25.7 Å². The summed E-state index contributed by atoms with van der Waals surface area (Å²) in [6, 6.07) is 6.84. The maximum atomic E-state index is 13.0. The third-order valence-electron chi connectivity index (χ3n) is 5.84. The van der Waals surface area contributed by atoms with Crippen molar-refractivity contribution in [3.63, 3.8) is 0 Å². The summed E-state index contributed by atoms with van der Waals surface area (Å²) in [6.07, 6.45) is 6.92. The lowest BCUT2D eigenvalue weighted by Gasteiger charge is -2.29. The smallest absolute Gasteiger partial charge is 0.252 e. The summed E-state index contributed by atoms with van der Waals surface area (Å²) in [7, 11) is 0. The van der Waals surface area contributed by atoms with E-state index in [-0.39, 0.29) is 18.4 Å². The van der Waals surface area contributed by atoms with E-state index in [1.54, 1.807) is 18.3 Å². The van der Waals surface area contributed by atoms with E-state index in [1.807, 2.05) is 15.9 Å². The van der Waals surface area contributed by atoms with E-state index < -0.39 is 5.95 Å². The molecule has 2 amide bonds. The number of aromatic nitrogens is 2. The van der Waals surface area contributed by atoms with Crippen molar-refractivity contribution in [2.45, 2.75) is 31.7 Å². The fraction of sp³-hybridized carbons (Fsp3) is 0.364. The van der Waals surface area contributed by atoms with Crippen LogP contribution < -0.4 is 5.32 Å². The zero-order chi connectivity index (χ0) is 20.7. The number of hydrogen-bond acceptors (Lipinski definition) is 5. The molecule has 0 atom stereocenters. The molecule has 154 valence electrons. The SMILES string of the molecule is O=C(CN1CCCC2=C1CN(C1CC1)C2=O)Nc1ccc(-c2ccc(F)nc2)cn1.